The molecule has 0 unspecified atom stereocenters. The predicted molar refractivity (Wildman–Crippen MR) is 296 cm³/mol. The molecular weight excluding hydrogens is 845 g/mol. The van der Waals surface area contributed by atoms with Crippen molar-refractivity contribution in [3.8, 4) is 50.2 Å². The van der Waals surface area contributed by atoms with E-state index in [4.69, 9.17) is 0 Å². The van der Waals surface area contributed by atoms with Gasteiger partial charge in [0.15, 0.2) is 0 Å². The molecule has 2 heteroatoms. The minimum Gasteiger partial charge on any atom is -0.310 e. The van der Waals surface area contributed by atoms with E-state index in [0.29, 0.717) is 0 Å². The average molecular weight is 895 g/mol. The van der Waals surface area contributed by atoms with Gasteiger partial charge in [0.1, 0.15) is 0 Å². The molecule has 70 heavy (non-hydrogen) atoms. The third kappa shape index (κ3) is 5.93. The molecule has 12 aromatic rings. The lowest BCUT2D eigenvalue weighted by molar-refractivity contribution is 0.660. The van der Waals surface area contributed by atoms with Gasteiger partial charge in [-0.25, -0.2) is 0 Å². The van der Waals surface area contributed by atoms with Crippen LogP contribution in [0.15, 0.2) is 231 Å². The fourth-order valence-corrected chi connectivity index (χ4v) is 12.4. The van der Waals surface area contributed by atoms with Crippen molar-refractivity contribution in [3.63, 3.8) is 0 Å². The molecule has 2 aliphatic rings. The van der Waals surface area contributed by atoms with Crippen molar-refractivity contribution < 1.29 is 0 Å². The van der Waals surface area contributed by atoms with E-state index in [1.165, 1.54) is 116 Å². The number of para-hydroxylation sites is 1. The molecule has 0 saturated carbocycles. The second-order valence-corrected chi connectivity index (χ2v) is 20.5. The van der Waals surface area contributed by atoms with Crippen LogP contribution in [0.2, 0.25) is 0 Å². The monoisotopic (exact) mass is 894 g/mol. The maximum absolute atomic E-state index is 2.47. The van der Waals surface area contributed by atoms with Crippen LogP contribution >= 0.6 is 0 Å². The number of benzene rings is 11. The van der Waals surface area contributed by atoms with Crippen molar-refractivity contribution in [1.29, 1.82) is 0 Å². The summed E-state index contributed by atoms with van der Waals surface area (Å²) in [5.74, 6) is 0. The van der Waals surface area contributed by atoms with Crippen LogP contribution < -0.4 is 4.90 Å². The second-order valence-electron chi connectivity index (χ2n) is 20.5. The van der Waals surface area contributed by atoms with Gasteiger partial charge in [0.25, 0.3) is 0 Å². The summed E-state index contributed by atoms with van der Waals surface area (Å²) in [5.41, 5.74) is 22.4. The summed E-state index contributed by atoms with van der Waals surface area (Å²) in [6.07, 6.45) is 0. The van der Waals surface area contributed by atoms with Crippen molar-refractivity contribution in [3.05, 3.63) is 253 Å². The first-order valence-electron chi connectivity index (χ1n) is 24.7. The number of hydrogen-bond donors (Lipinski definition) is 0. The van der Waals surface area contributed by atoms with Gasteiger partial charge in [-0.05, 0) is 150 Å². The quantitative estimate of drug-likeness (QED) is 0.161. The zero-order valence-corrected chi connectivity index (χ0v) is 39.8. The molecule has 0 bridgehead atoms. The van der Waals surface area contributed by atoms with Gasteiger partial charge in [-0.1, -0.05) is 191 Å². The van der Waals surface area contributed by atoms with Gasteiger partial charge >= 0.3 is 0 Å². The number of aromatic nitrogens is 1. The van der Waals surface area contributed by atoms with Crippen LogP contribution in [0, 0.1) is 0 Å². The number of rotatable bonds is 6. The Kier molecular flexibility index (Phi) is 8.71. The molecule has 1 heterocycles. The van der Waals surface area contributed by atoms with Crippen molar-refractivity contribution in [1.82, 2.24) is 4.57 Å². The minimum atomic E-state index is -0.239. The molecule has 0 radical (unpaired) electrons. The van der Waals surface area contributed by atoms with Crippen LogP contribution in [-0.4, -0.2) is 4.57 Å². The Morgan fingerprint density at radius 3 is 1.51 bits per heavy atom. The van der Waals surface area contributed by atoms with E-state index in [-0.39, 0.29) is 10.8 Å². The topological polar surface area (TPSA) is 8.17 Å². The maximum atomic E-state index is 2.47. The first-order valence-corrected chi connectivity index (χ1v) is 24.7. The summed E-state index contributed by atoms with van der Waals surface area (Å²) in [7, 11) is 0. The SMILES string of the molecule is CC1(C)c2ccccc2-c2ccc(N(c3ccc(-c4cccc5ccccc45)cc3)c3ccc4c(c3)C(C)(C)c3cc(-c5ccc6c(c5)c5ccccc5n6-c5cccc6ccccc56)ccc3-4)cc21. The lowest BCUT2D eigenvalue weighted by atomic mass is 9.81. The number of fused-ring (bicyclic) bond motifs is 11. The van der Waals surface area contributed by atoms with E-state index in [0.717, 1.165) is 17.1 Å². The van der Waals surface area contributed by atoms with Gasteiger partial charge in [-0.2, -0.15) is 0 Å². The first-order chi connectivity index (χ1) is 34.2. The molecule has 0 fully saturated rings. The van der Waals surface area contributed by atoms with E-state index >= 15 is 0 Å². The molecule has 0 amide bonds. The number of anilines is 3. The fraction of sp³-hybridized carbons (Fsp3) is 0.0882. The van der Waals surface area contributed by atoms with Gasteiger partial charge in [0.05, 0.1) is 16.7 Å². The van der Waals surface area contributed by atoms with Crippen LogP contribution in [-0.2, 0) is 10.8 Å². The first kappa shape index (κ1) is 40.6. The van der Waals surface area contributed by atoms with Crippen molar-refractivity contribution in [2.75, 3.05) is 4.90 Å². The van der Waals surface area contributed by atoms with Crippen LogP contribution in [0.4, 0.5) is 17.1 Å². The lowest BCUT2D eigenvalue weighted by Crippen LogP contribution is -2.18. The molecule has 0 saturated heterocycles. The summed E-state index contributed by atoms with van der Waals surface area (Å²) in [6.45, 7) is 9.56. The molecule has 0 aliphatic heterocycles. The van der Waals surface area contributed by atoms with E-state index < -0.39 is 0 Å². The molecule has 11 aromatic carbocycles. The molecule has 332 valence electrons. The maximum Gasteiger partial charge on any atom is 0.0541 e. The van der Waals surface area contributed by atoms with Crippen LogP contribution in [0.5, 0.6) is 0 Å². The zero-order chi connectivity index (χ0) is 46.9. The Morgan fingerprint density at radius 2 is 0.771 bits per heavy atom. The standard InChI is InChI=1S/C68H50N2/c1-67(2)60-24-11-9-21-54(60)56-36-33-49(41-62(56)67)69(48-31-27-45(28-32-48)52-23-13-17-43-15-5-7-19-51(43)52)50-34-37-57-55-35-29-47(40-61(55)68(3,4)63(57)42-50)46-30-38-66-59(39-46)58-22-10-12-25-65(58)70(66)64-26-14-18-44-16-6-8-20-53(44)64/h5-42H,1-4H3. The minimum absolute atomic E-state index is 0.122. The highest BCUT2D eigenvalue weighted by molar-refractivity contribution is 6.12. The van der Waals surface area contributed by atoms with Crippen molar-refractivity contribution >= 4 is 60.4 Å². The summed E-state index contributed by atoms with van der Waals surface area (Å²) in [5, 5.41) is 7.54. The van der Waals surface area contributed by atoms with Gasteiger partial charge in [-0.3, -0.25) is 0 Å². The fourth-order valence-electron chi connectivity index (χ4n) is 12.4. The molecule has 2 aliphatic carbocycles. The van der Waals surface area contributed by atoms with Gasteiger partial charge < -0.3 is 9.47 Å². The highest BCUT2D eigenvalue weighted by Crippen LogP contribution is 2.54. The molecule has 0 N–H and O–H groups in total. The van der Waals surface area contributed by atoms with E-state index in [1.54, 1.807) is 0 Å². The van der Waals surface area contributed by atoms with Gasteiger partial charge in [0, 0.05) is 44.1 Å². The molecule has 1 aromatic heterocycles. The highest BCUT2D eigenvalue weighted by atomic mass is 15.1. The largest absolute Gasteiger partial charge is 0.310 e. The summed E-state index contributed by atoms with van der Waals surface area (Å²) < 4.78 is 2.45. The van der Waals surface area contributed by atoms with Crippen LogP contribution in [0.1, 0.15) is 49.9 Å². The molecule has 2 nitrogen and oxygen atoms in total. The van der Waals surface area contributed by atoms with Gasteiger partial charge in [-0.15, -0.1) is 0 Å². The molecule has 0 atom stereocenters. The van der Waals surface area contributed by atoms with E-state index in [2.05, 4.69) is 268 Å². The molecule has 14 rings (SSSR count). The molecule has 0 spiro atoms. The van der Waals surface area contributed by atoms with Crippen molar-refractivity contribution in [2.45, 2.75) is 38.5 Å². The lowest BCUT2D eigenvalue weighted by Gasteiger charge is -2.30. The van der Waals surface area contributed by atoms with Crippen molar-refractivity contribution in [2.24, 2.45) is 0 Å². The Hall–Kier alpha value is -8.46. The smallest absolute Gasteiger partial charge is 0.0541 e. The third-order valence-corrected chi connectivity index (χ3v) is 16.0. The summed E-state index contributed by atoms with van der Waals surface area (Å²) in [6, 6.07) is 86.1. The number of nitrogens with zero attached hydrogens (tertiary/aromatic N) is 2. The number of hydrogen-bond acceptors (Lipinski definition) is 1. The zero-order valence-electron chi connectivity index (χ0n) is 39.8. The second kappa shape index (κ2) is 15.0. The summed E-state index contributed by atoms with van der Waals surface area (Å²) in [4.78, 5) is 2.47. The summed E-state index contributed by atoms with van der Waals surface area (Å²) >= 11 is 0. The Morgan fingerprint density at radius 1 is 0.300 bits per heavy atom. The Bertz CT molecular complexity index is 4120. The normalized spacial score (nSPS) is 13.9. The third-order valence-electron chi connectivity index (χ3n) is 16.0. The predicted octanol–water partition coefficient (Wildman–Crippen LogP) is 18.5. The van der Waals surface area contributed by atoms with Crippen LogP contribution in [0.3, 0.4) is 0 Å². The Balaban J connectivity index is 0.870. The van der Waals surface area contributed by atoms with Crippen LogP contribution in [0.25, 0.3) is 93.5 Å². The van der Waals surface area contributed by atoms with E-state index in [9.17, 15) is 0 Å². The average Bonchev–Trinajstić information content (AvgIpc) is 3.94. The Labute approximate surface area is 409 Å². The van der Waals surface area contributed by atoms with E-state index in [1.807, 2.05) is 0 Å². The highest BCUT2D eigenvalue weighted by Gasteiger charge is 2.38. The van der Waals surface area contributed by atoms with Gasteiger partial charge in [0.2, 0.25) is 0 Å². The molecular formula is C68H50N2.